The van der Waals surface area contributed by atoms with Crippen LogP contribution in [0.5, 0.6) is 0 Å². The molecule has 2 N–H and O–H groups in total. The largest absolute Gasteiger partial charge is 0.323 e. The third-order valence-electron chi connectivity index (χ3n) is 4.85. The smallest absolute Gasteiger partial charge is 0.308 e. The molecule has 0 saturated heterocycles. The van der Waals surface area contributed by atoms with E-state index in [9.17, 15) is 14.4 Å². The maximum absolute atomic E-state index is 12.7. The zero-order chi connectivity index (χ0) is 21.2. The summed E-state index contributed by atoms with van der Waals surface area (Å²) in [6.07, 6.45) is 3.31. The second kappa shape index (κ2) is 8.07. The fraction of sp³-hybridized carbons (Fsp3) is 0.348. The number of unbranched alkanes of at least 4 members (excludes halogenated alkanes) is 1. The maximum atomic E-state index is 12.7. The van der Waals surface area contributed by atoms with Gasteiger partial charge in [0.05, 0.1) is 11.1 Å². The summed E-state index contributed by atoms with van der Waals surface area (Å²) in [6, 6.07) is 12.1. The summed E-state index contributed by atoms with van der Waals surface area (Å²) < 4.78 is 0. The van der Waals surface area contributed by atoms with E-state index in [1.165, 1.54) is 10.5 Å². The van der Waals surface area contributed by atoms with Crippen LogP contribution in [0.3, 0.4) is 0 Å². The Morgan fingerprint density at radius 1 is 0.897 bits per heavy atom. The van der Waals surface area contributed by atoms with Gasteiger partial charge in [-0.2, -0.15) is 0 Å². The first-order chi connectivity index (χ1) is 13.7. The Balaban J connectivity index is 1.68. The van der Waals surface area contributed by atoms with Crippen molar-refractivity contribution >= 4 is 29.2 Å². The van der Waals surface area contributed by atoms with Crippen molar-refractivity contribution in [3.8, 4) is 0 Å². The van der Waals surface area contributed by atoms with Crippen LogP contribution in [0.2, 0.25) is 0 Å². The maximum Gasteiger partial charge on any atom is 0.323 e. The van der Waals surface area contributed by atoms with E-state index in [1.54, 1.807) is 18.2 Å². The zero-order valence-corrected chi connectivity index (χ0v) is 17.3. The van der Waals surface area contributed by atoms with Crippen molar-refractivity contribution in [1.29, 1.82) is 0 Å². The molecule has 0 fully saturated rings. The van der Waals surface area contributed by atoms with Crippen molar-refractivity contribution in [3.05, 3.63) is 59.2 Å². The number of anilines is 2. The average Bonchev–Trinajstić information content (AvgIpc) is 2.91. The highest BCUT2D eigenvalue weighted by atomic mass is 16.2. The highest BCUT2D eigenvalue weighted by Crippen LogP contribution is 2.31. The lowest BCUT2D eigenvalue weighted by Gasteiger charge is -2.29. The van der Waals surface area contributed by atoms with Crippen LogP contribution in [0.25, 0.3) is 0 Å². The van der Waals surface area contributed by atoms with Crippen LogP contribution in [0.15, 0.2) is 42.5 Å². The van der Waals surface area contributed by atoms with Crippen molar-refractivity contribution in [3.63, 3.8) is 0 Å². The van der Waals surface area contributed by atoms with Crippen LogP contribution in [0, 0.1) is 0 Å². The molecule has 0 spiro atoms. The number of hydrogen-bond donors (Lipinski definition) is 2. The Morgan fingerprint density at radius 3 is 2.10 bits per heavy atom. The fourth-order valence-corrected chi connectivity index (χ4v) is 3.36. The Labute approximate surface area is 171 Å². The molecule has 0 aromatic heterocycles. The monoisotopic (exact) mass is 393 g/mol. The molecular weight excluding hydrogens is 366 g/mol. The summed E-state index contributed by atoms with van der Waals surface area (Å²) in [5.74, 6) is -0.652. The number of benzene rings is 2. The zero-order valence-electron chi connectivity index (χ0n) is 17.3. The van der Waals surface area contributed by atoms with Gasteiger partial charge in [-0.3, -0.25) is 14.5 Å². The number of fused-ring (bicyclic) bond motifs is 1. The lowest BCUT2D eigenvalue weighted by atomic mass is 10.1. The highest BCUT2D eigenvalue weighted by molar-refractivity contribution is 6.22. The van der Waals surface area contributed by atoms with Gasteiger partial charge in [-0.15, -0.1) is 0 Å². The van der Waals surface area contributed by atoms with Gasteiger partial charge in [-0.25, -0.2) is 4.79 Å². The standard InChI is InChI=1S/C23H27N3O3/c1-5-6-7-15-8-10-16(11-9-15)24-22(29)25-17-12-13-18-19(14-17)21(28)26(20(18)27)23(2,3)4/h8-14H,5-7H2,1-4H3,(H2,24,25,29). The number of carbonyl (C=O) groups is 3. The second-order valence-corrected chi connectivity index (χ2v) is 8.26. The number of carbonyl (C=O) groups excluding carboxylic acids is 3. The number of amides is 4. The molecule has 1 aliphatic rings. The molecule has 1 aliphatic heterocycles. The highest BCUT2D eigenvalue weighted by Gasteiger charge is 2.41. The Morgan fingerprint density at radius 2 is 1.48 bits per heavy atom. The van der Waals surface area contributed by atoms with E-state index >= 15 is 0 Å². The van der Waals surface area contributed by atoms with Crippen molar-refractivity contribution in [2.45, 2.75) is 52.5 Å². The van der Waals surface area contributed by atoms with Crippen LogP contribution in [-0.2, 0) is 6.42 Å². The number of aryl methyl sites for hydroxylation is 1. The molecule has 3 rings (SSSR count). The minimum Gasteiger partial charge on any atom is -0.308 e. The van der Waals surface area contributed by atoms with Crippen molar-refractivity contribution in [2.75, 3.05) is 10.6 Å². The first-order valence-electron chi connectivity index (χ1n) is 9.90. The van der Waals surface area contributed by atoms with E-state index in [1.807, 2.05) is 45.0 Å². The van der Waals surface area contributed by atoms with Crippen LogP contribution in [0.1, 0.15) is 66.8 Å². The van der Waals surface area contributed by atoms with Crippen molar-refractivity contribution in [1.82, 2.24) is 4.90 Å². The van der Waals surface area contributed by atoms with Gasteiger partial charge in [0.25, 0.3) is 11.8 Å². The number of nitrogens with zero attached hydrogens (tertiary/aromatic N) is 1. The number of hydrogen-bond acceptors (Lipinski definition) is 3. The van der Waals surface area contributed by atoms with Gasteiger partial charge in [-0.05, 0) is 69.5 Å². The molecule has 0 atom stereocenters. The van der Waals surface area contributed by atoms with Gasteiger partial charge in [0.2, 0.25) is 0 Å². The van der Waals surface area contributed by atoms with E-state index in [0.717, 1.165) is 19.3 Å². The summed E-state index contributed by atoms with van der Waals surface area (Å²) in [7, 11) is 0. The predicted molar refractivity (Wildman–Crippen MR) is 114 cm³/mol. The van der Waals surface area contributed by atoms with E-state index < -0.39 is 11.6 Å². The van der Waals surface area contributed by atoms with E-state index in [4.69, 9.17) is 0 Å². The normalized spacial score (nSPS) is 13.4. The molecule has 0 unspecified atom stereocenters. The SMILES string of the molecule is CCCCc1ccc(NC(=O)Nc2ccc3c(c2)C(=O)N(C(C)(C)C)C3=O)cc1. The molecule has 0 radical (unpaired) electrons. The van der Waals surface area contributed by atoms with Gasteiger partial charge >= 0.3 is 6.03 Å². The summed E-state index contributed by atoms with van der Waals surface area (Å²) in [4.78, 5) is 38.8. The first kappa shape index (κ1) is 20.6. The molecular formula is C23H27N3O3. The predicted octanol–water partition coefficient (Wildman–Crippen LogP) is 5.07. The quantitative estimate of drug-likeness (QED) is 0.696. The molecule has 6 heteroatoms. The molecule has 0 aliphatic carbocycles. The number of rotatable bonds is 5. The lowest BCUT2D eigenvalue weighted by molar-refractivity contribution is 0.0507. The third-order valence-corrected chi connectivity index (χ3v) is 4.85. The van der Waals surface area contributed by atoms with E-state index in [2.05, 4.69) is 17.6 Å². The van der Waals surface area contributed by atoms with Crippen molar-refractivity contribution < 1.29 is 14.4 Å². The average molecular weight is 393 g/mol. The first-order valence-corrected chi connectivity index (χ1v) is 9.90. The minimum absolute atomic E-state index is 0.308. The van der Waals surface area contributed by atoms with Crippen molar-refractivity contribution in [2.24, 2.45) is 0 Å². The van der Waals surface area contributed by atoms with Gasteiger partial charge in [-0.1, -0.05) is 25.5 Å². The molecule has 0 saturated carbocycles. The molecule has 152 valence electrons. The molecule has 6 nitrogen and oxygen atoms in total. The number of nitrogens with one attached hydrogen (secondary N) is 2. The van der Waals surface area contributed by atoms with Crippen LogP contribution in [0.4, 0.5) is 16.2 Å². The Kier molecular flexibility index (Phi) is 5.73. The summed E-state index contributed by atoms with van der Waals surface area (Å²) >= 11 is 0. The number of urea groups is 1. The van der Waals surface area contributed by atoms with E-state index in [-0.39, 0.29) is 11.8 Å². The molecule has 2 aromatic rings. The van der Waals surface area contributed by atoms with Crippen LogP contribution < -0.4 is 10.6 Å². The van der Waals surface area contributed by atoms with Gasteiger partial charge < -0.3 is 10.6 Å². The van der Waals surface area contributed by atoms with Crippen LogP contribution >= 0.6 is 0 Å². The minimum atomic E-state index is -0.610. The Bertz CT molecular complexity index is 943. The lowest BCUT2D eigenvalue weighted by Crippen LogP contribution is -2.45. The summed E-state index contributed by atoms with van der Waals surface area (Å²) in [5.41, 5.74) is 2.44. The summed E-state index contributed by atoms with van der Waals surface area (Å²) in [6.45, 7) is 7.60. The molecule has 29 heavy (non-hydrogen) atoms. The fourth-order valence-electron chi connectivity index (χ4n) is 3.36. The molecule has 1 heterocycles. The number of imide groups is 1. The van der Waals surface area contributed by atoms with E-state index in [0.29, 0.717) is 22.5 Å². The summed E-state index contributed by atoms with van der Waals surface area (Å²) in [5, 5.41) is 5.51. The topological polar surface area (TPSA) is 78.5 Å². The van der Waals surface area contributed by atoms with Gasteiger partial charge in [0, 0.05) is 16.9 Å². The Hall–Kier alpha value is -3.15. The molecule has 0 bridgehead atoms. The molecule has 4 amide bonds. The third kappa shape index (κ3) is 4.47. The molecule has 2 aromatic carbocycles. The van der Waals surface area contributed by atoms with Gasteiger partial charge in [0.1, 0.15) is 0 Å². The van der Waals surface area contributed by atoms with Crippen LogP contribution in [-0.4, -0.2) is 28.3 Å². The van der Waals surface area contributed by atoms with Gasteiger partial charge in [0.15, 0.2) is 0 Å². The second-order valence-electron chi connectivity index (χ2n) is 8.26.